The lowest BCUT2D eigenvalue weighted by Gasteiger charge is -2.13. The summed E-state index contributed by atoms with van der Waals surface area (Å²) in [7, 11) is 0. The van der Waals surface area contributed by atoms with Crippen LogP contribution in [0.2, 0.25) is 0 Å². The van der Waals surface area contributed by atoms with E-state index in [1.165, 1.54) is 6.07 Å². The van der Waals surface area contributed by atoms with E-state index in [1.807, 2.05) is 6.92 Å². The number of benzene rings is 1. The molecule has 0 aliphatic rings. The van der Waals surface area contributed by atoms with Gasteiger partial charge < -0.3 is 10.3 Å². The number of nitrogen functional groups attached to an aromatic ring is 1. The fraction of sp³-hybridized carbons (Fsp3) is 0.320. The van der Waals surface area contributed by atoms with Crippen molar-refractivity contribution in [2.24, 2.45) is 5.92 Å². The quantitative estimate of drug-likeness (QED) is 0.308. The number of alkyl halides is 6. The van der Waals surface area contributed by atoms with Gasteiger partial charge >= 0.3 is 12.4 Å². The first kappa shape index (κ1) is 30.2. The van der Waals surface area contributed by atoms with Gasteiger partial charge in [-0.2, -0.15) is 31.4 Å². The molecule has 0 spiro atoms. The minimum absolute atomic E-state index is 0.0577. The van der Waals surface area contributed by atoms with E-state index in [0.717, 1.165) is 25.1 Å². The Hall–Kier alpha value is -4.30. The van der Waals surface area contributed by atoms with E-state index < -0.39 is 40.5 Å². The number of hydrogen-bond acceptors (Lipinski definition) is 6. The van der Waals surface area contributed by atoms with Gasteiger partial charge in [-0.15, -0.1) is 0 Å². The van der Waals surface area contributed by atoms with Crippen molar-refractivity contribution in [1.29, 1.82) is 0 Å². The molecule has 0 amide bonds. The molecule has 3 N–H and O–H groups in total. The van der Waals surface area contributed by atoms with Crippen LogP contribution in [0.5, 0.6) is 0 Å². The average molecular weight is 572 g/mol. The van der Waals surface area contributed by atoms with Crippen LogP contribution in [-0.2, 0) is 18.9 Å². The number of nitrogens with zero attached hydrogens (tertiary/aromatic N) is 4. The van der Waals surface area contributed by atoms with Crippen molar-refractivity contribution in [2.45, 2.75) is 45.6 Å². The number of nitrogens with one attached hydrogen (secondary N) is 1. The van der Waals surface area contributed by atoms with E-state index in [2.05, 4.69) is 22.0 Å². The summed E-state index contributed by atoms with van der Waals surface area (Å²) in [6, 6.07) is 4.16. The second kappa shape index (κ2) is 11.8. The second-order valence-electron chi connectivity index (χ2n) is 8.91. The Morgan fingerprint density at radius 3 is 2.20 bits per heavy atom. The van der Waals surface area contributed by atoms with E-state index >= 15 is 0 Å². The van der Waals surface area contributed by atoms with Crippen molar-refractivity contribution in [2.75, 3.05) is 5.73 Å². The highest BCUT2D eigenvalue weighted by atomic mass is 19.4. The maximum atomic E-state index is 14.6. The molecule has 1 unspecified atom stereocenters. The molecule has 0 aliphatic carbocycles. The van der Waals surface area contributed by atoms with Crippen molar-refractivity contribution in [3.8, 4) is 11.4 Å². The number of H-pyrrole nitrogens is 1. The molecule has 0 aliphatic heterocycles. The largest absolute Gasteiger partial charge is 0.423 e. The van der Waals surface area contributed by atoms with Crippen LogP contribution in [0.15, 0.2) is 52.6 Å². The topological polar surface area (TPSA) is 120 Å². The summed E-state index contributed by atoms with van der Waals surface area (Å²) in [6.45, 7) is 4.65. The zero-order valence-corrected chi connectivity index (χ0v) is 21.1. The number of hydrogen-bond donors (Lipinski definition) is 2. The summed E-state index contributed by atoms with van der Waals surface area (Å²) in [5.41, 5.74) is 0.118. The number of fused-ring (bicyclic) bond motifs is 1. The Kier molecular flexibility index (Phi) is 8.95. The Morgan fingerprint density at radius 2 is 1.68 bits per heavy atom. The van der Waals surface area contributed by atoms with E-state index in [0.29, 0.717) is 30.2 Å². The van der Waals surface area contributed by atoms with Crippen molar-refractivity contribution in [1.82, 2.24) is 24.7 Å². The summed E-state index contributed by atoms with van der Waals surface area (Å²) in [6.07, 6.45) is -3.72. The van der Waals surface area contributed by atoms with Crippen LogP contribution in [0.1, 0.15) is 37.8 Å². The lowest BCUT2D eigenvalue weighted by Crippen LogP contribution is -2.24. The van der Waals surface area contributed by atoms with Gasteiger partial charge in [0.05, 0.1) is 28.4 Å². The van der Waals surface area contributed by atoms with Crippen LogP contribution >= 0.6 is 0 Å². The first-order valence-corrected chi connectivity index (χ1v) is 11.8. The van der Waals surface area contributed by atoms with Gasteiger partial charge in [-0.05, 0) is 35.9 Å². The minimum Gasteiger partial charge on any atom is -0.397 e. The third-order valence-corrected chi connectivity index (χ3v) is 5.74. The molecule has 0 fully saturated rings. The Bertz CT molecular complexity index is 1600. The highest BCUT2D eigenvalue weighted by molar-refractivity contribution is 5.85. The minimum atomic E-state index is -4.74. The fourth-order valence-electron chi connectivity index (χ4n) is 3.86. The summed E-state index contributed by atoms with van der Waals surface area (Å²) in [5, 5.41) is 5.42. The molecule has 15 heteroatoms. The number of rotatable bonds is 5. The van der Waals surface area contributed by atoms with E-state index in [4.69, 9.17) is 5.73 Å². The summed E-state index contributed by atoms with van der Waals surface area (Å²) in [4.78, 5) is 30.5. The molecule has 4 aromatic rings. The smallest absolute Gasteiger partial charge is 0.397 e. The molecule has 0 saturated heterocycles. The van der Waals surface area contributed by atoms with Gasteiger partial charge in [0, 0.05) is 25.1 Å². The van der Waals surface area contributed by atoms with Crippen LogP contribution in [0.4, 0.5) is 36.4 Å². The predicted molar refractivity (Wildman–Crippen MR) is 133 cm³/mol. The van der Waals surface area contributed by atoms with Gasteiger partial charge in [0.1, 0.15) is 11.4 Å². The van der Waals surface area contributed by atoms with Gasteiger partial charge in [0.25, 0.3) is 11.1 Å². The molecule has 4 rings (SSSR count). The predicted octanol–water partition coefficient (Wildman–Crippen LogP) is 5.42. The summed E-state index contributed by atoms with van der Waals surface area (Å²) < 4.78 is 90.0. The third kappa shape index (κ3) is 7.01. The Balaban J connectivity index is 0.000000307. The highest BCUT2D eigenvalue weighted by Gasteiger charge is 2.36. The van der Waals surface area contributed by atoms with Crippen LogP contribution in [0, 0.1) is 11.7 Å². The number of halogens is 7. The van der Waals surface area contributed by atoms with E-state index in [1.54, 1.807) is 21.9 Å². The summed E-state index contributed by atoms with van der Waals surface area (Å²) in [5.74, 6) is -0.623. The Labute approximate surface area is 221 Å². The molecule has 1 aromatic carbocycles. The molecule has 3 heterocycles. The van der Waals surface area contributed by atoms with Crippen LogP contribution in [0.3, 0.4) is 0 Å². The number of nitrogens with two attached hydrogens (primary N) is 1. The van der Waals surface area contributed by atoms with Crippen LogP contribution < -0.4 is 16.9 Å². The van der Waals surface area contributed by atoms with Gasteiger partial charge in [-0.3, -0.25) is 9.59 Å². The second-order valence-corrected chi connectivity index (χ2v) is 8.91. The standard InChI is InChI=1S/C20H19F4N3O.C5H4F3N3O/c1-3-4-12(2)11-27-6-5-13-7-16(17(21)8-15(13)19(27)28)18-25-9-14(10-26-18)20(22,23)24;6-5(7,8)3-2(9)1-10-11-4(3)12/h5-10,12H,3-4,11H2,1-2H3;1H,(H3,9,11,12). The van der Waals surface area contributed by atoms with Crippen molar-refractivity contribution >= 4 is 16.5 Å². The lowest BCUT2D eigenvalue weighted by atomic mass is 10.0. The summed E-state index contributed by atoms with van der Waals surface area (Å²) >= 11 is 0. The Morgan fingerprint density at radius 1 is 1.02 bits per heavy atom. The van der Waals surface area contributed by atoms with Crippen LogP contribution in [0.25, 0.3) is 22.2 Å². The zero-order chi connectivity index (χ0) is 29.8. The molecule has 1 atom stereocenters. The van der Waals surface area contributed by atoms with Crippen molar-refractivity contribution in [3.63, 3.8) is 0 Å². The normalized spacial score (nSPS) is 12.6. The molecule has 0 saturated carbocycles. The molecule has 8 nitrogen and oxygen atoms in total. The first-order valence-electron chi connectivity index (χ1n) is 11.8. The molecule has 0 bridgehead atoms. The van der Waals surface area contributed by atoms with Gasteiger partial charge in [0.15, 0.2) is 5.82 Å². The average Bonchev–Trinajstić information content (AvgIpc) is 2.85. The molecule has 214 valence electrons. The van der Waals surface area contributed by atoms with Gasteiger partial charge in [-0.1, -0.05) is 20.3 Å². The third-order valence-electron chi connectivity index (χ3n) is 5.74. The zero-order valence-electron chi connectivity index (χ0n) is 21.1. The maximum Gasteiger partial charge on any atom is 0.423 e. The fourth-order valence-corrected chi connectivity index (χ4v) is 3.86. The van der Waals surface area contributed by atoms with Crippen molar-refractivity contribution < 1.29 is 30.7 Å². The maximum absolute atomic E-state index is 14.6. The van der Waals surface area contributed by atoms with Gasteiger partial charge in [0.2, 0.25) is 0 Å². The monoisotopic (exact) mass is 572 g/mol. The molecule has 3 aromatic heterocycles. The molecular weight excluding hydrogens is 549 g/mol. The number of aromatic amines is 1. The number of anilines is 1. The lowest BCUT2D eigenvalue weighted by molar-refractivity contribution is -0.138. The SMILES string of the molecule is CCCC(C)Cn1ccc2cc(-c3ncc(C(F)(F)F)cn3)c(F)cc2c1=O.Nc1cn[nH]c(=O)c1C(F)(F)F. The number of pyridine rings is 1. The van der Waals surface area contributed by atoms with E-state index in [9.17, 15) is 40.3 Å². The van der Waals surface area contributed by atoms with E-state index in [-0.39, 0.29) is 22.3 Å². The highest BCUT2D eigenvalue weighted by Crippen LogP contribution is 2.30. The molecular formula is C25H23F7N6O2. The van der Waals surface area contributed by atoms with Crippen molar-refractivity contribution in [3.05, 3.63) is 80.6 Å². The first-order chi connectivity index (χ1) is 18.6. The molecule has 0 radical (unpaired) electrons. The molecule has 40 heavy (non-hydrogen) atoms. The van der Waals surface area contributed by atoms with Crippen LogP contribution in [-0.4, -0.2) is 24.7 Å². The van der Waals surface area contributed by atoms with Gasteiger partial charge in [-0.25, -0.2) is 19.5 Å². The number of aromatic nitrogens is 5.